The first-order chi connectivity index (χ1) is 9.66. The molecule has 1 saturated carbocycles. The predicted molar refractivity (Wildman–Crippen MR) is 80.2 cm³/mol. The normalized spacial score (nSPS) is 27.1. The Morgan fingerprint density at radius 2 is 1.90 bits per heavy atom. The molecule has 0 spiro atoms. The van der Waals surface area contributed by atoms with Crippen LogP contribution in [0.1, 0.15) is 55.6 Å². The van der Waals surface area contributed by atoms with E-state index in [1.807, 2.05) is 12.1 Å². The molecule has 1 aromatic carbocycles. The molecule has 1 N–H and O–H groups in total. The van der Waals surface area contributed by atoms with Crippen molar-refractivity contribution in [3.63, 3.8) is 0 Å². The van der Waals surface area contributed by atoms with E-state index in [9.17, 15) is 9.90 Å². The van der Waals surface area contributed by atoms with E-state index in [1.165, 1.54) is 43.2 Å². The predicted octanol–water partition coefficient (Wildman–Crippen LogP) is 4.65. The van der Waals surface area contributed by atoms with Gasteiger partial charge in [0.25, 0.3) is 0 Å². The Morgan fingerprint density at radius 1 is 1.15 bits per heavy atom. The number of aliphatic carboxylic acids is 1. The summed E-state index contributed by atoms with van der Waals surface area (Å²) in [5, 5.41) is 10.3. The van der Waals surface area contributed by atoms with Gasteiger partial charge >= 0.3 is 5.97 Å². The fraction of sp³-hybridized carbons (Fsp3) is 0.588. The molecule has 0 saturated heterocycles. The lowest BCUT2D eigenvalue weighted by atomic mass is 9.65. The van der Waals surface area contributed by atoms with Gasteiger partial charge in [-0.2, -0.15) is 0 Å². The van der Waals surface area contributed by atoms with Crippen LogP contribution in [-0.2, 0) is 11.2 Å². The summed E-state index contributed by atoms with van der Waals surface area (Å²) in [6.07, 6.45) is 7.74. The van der Waals surface area contributed by atoms with Crippen molar-refractivity contribution in [2.24, 2.45) is 11.8 Å². The number of carbonyl (C=O) groups is 1. The number of hydrogen-bond acceptors (Lipinski definition) is 1. The van der Waals surface area contributed by atoms with Crippen molar-refractivity contribution in [2.45, 2.75) is 50.9 Å². The van der Waals surface area contributed by atoms with E-state index in [2.05, 4.69) is 6.07 Å². The first-order valence-corrected chi connectivity index (χ1v) is 8.06. The standard InChI is InChI=1S/C17H21ClO2/c18-13-8-6-11-7-9-14(17(19)20)16(15(11)10-13)12-4-2-1-3-5-12/h6,8,10,12,14,16H,1-5,7,9H2,(H,19,20). The molecular weight excluding hydrogens is 272 g/mol. The fourth-order valence-electron chi connectivity index (χ4n) is 4.16. The Kier molecular flexibility index (Phi) is 4.02. The number of carboxylic acids is 1. The Labute approximate surface area is 125 Å². The topological polar surface area (TPSA) is 37.3 Å². The molecule has 1 aromatic rings. The molecule has 2 unspecified atom stereocenters. The average Bonchev–Trinajstić information content (AvgIpc) is 2.46. The van der Waals surface area contributed by atoms with Crippen LogP contribution >= 0.6 is 11.6 Å². The molecule has 0 aliphatic heterocycles. The molecule has 3 heteroatoms. The van der Waals surface area contributed by atoms with Crippen molar-refractivity contribution in [3.05, 3.63) is 34.3 Å². The van der Waals surface area contributed by atoms with E-state index in [1.54, 1.807) is 0 Å². The van der Waals surface area contributed by atoms with Gasteiger partial charge in [0.2, 0.25) is 0 Å². The molecule has 0 amide bonds. The van der Waals surface area contributed by atoms with E-state index in [0.717, 1.165) is 17.9 Å². The minimum Gasteiger partial charge on any atom is -0.481 e. The van der Waals surface area contributed by atoms with Crippen molar-refractivity contribution >= 4 is 17.6 Å². The molecule has 1 fully saturated rings. The summed E-state index contributed by atoms with van der Waals surface area (Å²) in [6.45, 7) is 0. The van der Waals surface area contributed by atoms with Gasteiger partial charge in [-0.25, -0.2) is 0 Å². The highest BCUT2D eigenvalue weighted by Gasteiger charge is 2.39. The largest absolute Gasteiger partial charge is 0.481 e. The molecule has 3 rings (SSSR count). The van der Waals surface area contributed by atoms with Gasteiger partial charge in [0, 0.05) is 10.9 Å². The molecule has 2 atom stereocenters. The van der Waals surface area contributed by atoms with Crippen LogP contribution in [0.4, 0.5) is 0 Å². The highest BCUT2D eigenvalue weighted by atomic mass is 35.5. The Bertz CT molecular complexity index is 506. The average molecular weight is 293 g/mol. The lowest BCUT2D eigenvalue weighted by Gasteiger charge is -2.38. The Balaban J connectivity index is 2.00. The first kappa shape index (κ1) is 13.9. The summed E-state index contributed by atoms with van der Waals surface area (Å²) in [6, 6.07) is 6.04. The van der Waals surface area contributed by atoms with E-state index in [0.29, 0.717) is 5.92 Å². The molecule has 2 nitrogen and oxygen atoms in total. The summed E-state index contributed by atoms with van der Waals surface area (Å²) < 4.78 is 0. The molecule has 0 bridgehead atoms. The van der Waals surface area contributed by atoms with Crippen LogP contribution in [0.15, 0.2) is 18.2 Å². The Morgan fingerprint density at radius 3 is 2.60 bits per heavy atom. The summed E-state index contributed by atoms with van der Waals surface area (Å²) in [5.74, 6) is -0.187. The third-order valence-corrected chi connectivity index (χ3v) is 5.34. The first-order valence-electron chi connectivity index (χ1n) is 7.68. The van der Waals surface area contributed by atoms with E-state index < -0.39 is 5.97 Å². The van der Waals surface area contributed by atoms with E-state index >= 15 is 0 Å². The number of aryl methyl sites for hydroxylation is 1. The Hall–Kier alpha value is -1.02. The molecule has 108 valence electrons. The second kappa shape index (κ2) is 5.77. The number of fused-ring (bicyclic) bond motifs is 1. The van der Waals surface area contributed by atoms with Crippen molar-refractivity contribution < 1.29 is 9.90 Å². The zero-order valence-electron chi connectivity index (χ0n) is 11.6. The van der Waals surface area contributed by atoms with Crippen molar-refractivity contribution in [1.29, 1.82) is 0 Å². The van der Waals surface area contributed by atoms with E-state index in [4.69, 9.17) is 11.6 Å². The maximum Gasteiger partial charge on any atom is 0.307 e. The third-order valence-electron chi connectivity index (χ3n) is 5.10. The van der Waals surface area contributed by atoms with E-state index in [-0.39, 0.29) is 11.8 Å². The number of rotatable bonds is 2. The van der Waals surface area contributed by atoms with Gasteiger partial charge in [-0.1, -0.05) is 36.9 Å². The highest BCUT2D eigenvalue weighted by molar-refractivity contribution is 6.30. The number of carboxylic acid groups (broad SMARTS) is 1. The number of benzene rings is 1. The van der Waals surface area contributed by atoms with Gasteiger partial charge < -0.3 is 5.11 Å². The maximum absolute atomic E-state index is 11.7. The van der Waals surface area contributed by atoms with Crippen molar-refractivity contribution in [1.82, 2.24) is 0 Å². The second-order valence-corrected chi connectivity index (χ2v) is 6.69. The third kappa shape index (κ3) is 2.58. The summed E-state index contributed by atoms with van der Waals surface area (Å²) in [4.78, 5) is 11.7. The fourth-order valence-corrected chi connectivity index (χ4v) is 4.34. The molecule has 2 aliphatic rings. The van der Waals surface area contributed by atoms with Crippen LogP contribution in [0, 0.1) is 11.8 Å². The molecule has 2 aliphatic carbocycles. The molecule has 0 aromatic heterocycles. The van der Waals surface area contributed by atoms with Gasteiger partial charge in [-0.3, -0.25) is 4.79 Å². The van der Waals surface area contributed by atoms with Gasteiger partial charge in [-0.05, 0) is 54.9 Å². The van der Waals surface area contributed by atoms with Crippen LogP contribution in [0.3, 0.4) is 0 Å². The summed E-state index contributed by atoms with van der Waals surface area (Å²) in [7, 11) is 0. The molecule has 20 heavy (non-hydrogen) atoms. The SMILES string of the molecule is O=C(O)C1CCc2ccc(Cl)cc2C1C1CCCCC1. The number of halogens is 1. The van der Waals surface area contributed by atoms with Crippen molar-refractivity contribution in [3.8, 4) is 0 Å². The van der Waals surface area contributed by atoms with Crippen LogP contribution in [0.2, 0.25) is 5.02 Å². The highest BCUT2D eigenvalue weighted by Crippen LogP contribution is 2.46. The van der Waals surface area contributed by atoms with Gasteiger partial charge in [0.05, 0.1) is 5.92 Å². The number of hydrogen-bond donors (Lipinski definition) is 1. The minimum atomic E-state index is -0.633. The summed E-state index contributed by atoms with van der Waals surface area (Å²) in [5.41, 5.74) is 2.52. The monoisotopic (exact) mass is 292 g/mol. The van der Waals surface area contributed by atoms with Crippen molar-refractivity contribution in [2.75, 3.05) is 0 Å². The van der Waals surface area contributed by atoms with Gasteiger partial charge in [-0.15, -0.1) is 0 Å². The molecule has 0 heterocycles. The second-order valence-electron chi connectivity index (χ2n) is 6.25. The van der Waals surface area contributed by atoms with Gasteiger partial charge in [0.15, 0.2) is 0 Å². The molecular formula is C17H21ClO2. The van der Waals surface area contributed by atoms with Gasteiger partial charge in [0.1, 0.15) is 0 Å². The minimum absolute atomic E-state index is 0.162. The zero-order chi connectivity index (χ0) is 14.1. The quantitative estimate of drug-likeness (QED) is 0.861. The van der Waals surface area contributed by atoms with Crippen LogP contribution in [0.5, 0.6) is 0 Å². The lowest BCUT2D eigenvalue weighted by molar-refractivity contribution is -0.143. The lowest BCUT2D eigenvalue weighted by Crippen LogP contribution is -2.33. The summed E-state index contributed by atoms with van der Waals surface area (Å²) >= 11 is 6.16. The smallest absolute Gasteiger partial charge is 0.307 e. The molecule has 0 radical (unpaired) electrons. The van der Waals surface area contributed by atoms with Crippen LogP contribution < -0.4 is 0 Å². The van der Waals surface area contributed by atoms with Crippen LogP contribution in [-0.4, -0.2) is 11.1 Å². The zero-order valence-corrected chi connectivity index (χ0v) is 12.4. The maximum atomic E-state index is 11.7. The van der Waals surface area contributed by atoms with Crippen LogP contribution in [0.25, 0.3) is 0 Å².